The molecule has 5 heteroatoms. The maximum atomic E-state index is 12.4. The molecule has 0 saturated heterocycles. The molecule has 0 radical (unpaired) electrons. The number of phenolic OH excluding ortho intramolecular Hbond substituents is 1. The van der Waals surface area contributed by atoms with Gasteiger partial charge in [0, 0.05) is 21.5 Å². The summed E-state index contributed by atoms with van der Waals surface area (Å²) in [5.74, 6) is 0.117. The lowest BCUT2D eigenvalue weighted by Gasteiger charge is -2.15. The van der Waals surface area contributed by atoms with E-state index >= 15 is 0 Å². The van der Waals surface area contributed by atoms with E-state index in [1.165, 1.54) is 0 Å². The van der Waals surface area contributed by atoms with Gasteiger partial charge in [-0.05, 0) is 55.3 Å². The number of rotatable bonds is 2. The molecule has 3 N–H and O–H groups in total. The summed E-state index contributed by atoms with van der Waals surface area (Å²) in [6.45, 7) is 3.79. The van der Waals surface area contributed by atoms with Crippen LogP contribution in [0, 0.1) is 13.8 Å². The molecule has 0 unspecified atom stereocenters. The second kappa shape index (κ2) is 6.42. The molecule has 122 valence electrons. The number of aromatic hydroxyl groups is 1. The lowest BCUT2D eigenvalue weighted by atomic mass is 10.0. The van der Waals surface area contributed by atoms with E-state index in [0.717, 1.165) is 22.2 Å². The van der Waals surface area contributed by atoms with Crippen molar-refractivity contribution in [2.24, 2.45) is 0 Å². The minimum atomic E-state index is -0.348. The average molecular weight is 341 g/mol. The third kappa shape index (κ3) is 3.14. The SMILES string of the molecule is Cc1ccccc1NC(=O)Nc1c(C)cc(Cl)c2ccc(O)cc12. The zero-order valence-corrected chi connectivity index (χ0v) is 14.1. The molecule has 0 saturated carbocycles. The summed E-state index contributed by atoms with van der Waals surface area (Å²) in [7, 11) is 0. The first-order valence-electron chi connectivity index (χ1n) is 7.51. The number of phenols is 1. The molecular weight excluding hydrogens is 324 g/mol. The second-order valence-electron chi connectivity index (χ2n) is 5.67. The van der Waals surface area contributed by atoms with E-state index in [1.54, 1.807) is 24.3 Å². The first-order chi connectivity index (χ1) is 11.5. The van der Waals surface area contributed by atoms with Gasteiger partial charge in [0.25, 0.3) is 0 Å². The van der Waals surface area contributed by atoms with Crippen molar-refractivity contribution in [3.63, 3.8) is 0 Å². The van der Waals surface area contributed by atoms with E-state index in [0.29, 0.717) is 16.1 Å². The largest absolute Gasteiger partial charge is 0.508 e. The Bertz CT molecular complexity index is 938. The number of hydrogen-bond donors (Lipinski definition) is 3. The average Bonchev–Trinajstić information content (AvgIpc) is 2.53. The predicted octanol–water partition coefficient (Wildman–Crippen LogP) is 5.46. The van der Waals surface area contributed by atoms with E-state index < -0.39 is 0 Å². The van der Waals surface area contributed by atoms with E-state index in [4.69, 9.17) is 11.6 Å². The third-order valence-corrected chi connectivity index (χ3v) is 4.21. The zero-order chi connectivity index (χ0) is 17.3. The molecule has 0 spiro atoms. The fourth-order valence-corrected chi connectivity index (χ4v) is 2.97. The van der Waals surface area contributed by atoms with Crippen molar-refractivity contribution in [1.29, 1.82) is 0 Å². The number of para-hydroxylation sites is 1. The first-order valence-corrected chi connectivity index (χ1v) is 7.89. The van der Waals surface area contributed by atoms with Crippen molar-refractivity contribution < 1.29 is 9.90 Å². The van der Waals surface area contributed by atoms with Crippen LogP contribution in [0.1, 0.15) is 11.1 Å². The van der Waals surface area contributed by atoms with Crippen LogP contribution >= 0.6 is 11.6 Å². The maximum Gasteiger partial charge on any atom is 0.323 e. The number of anilines is 2. The van der Waals surface area contributed by atoms with Crippen molar-refractivity contribution in [3.05, 3.63) is 64.7 Å². The Morgan fingerprint density at radius 2 is 1.71 bits per heavy atom. The molecular formula is C19H17ClN2O2. The molecule has 2 amide bonds. The Morgan fingerprint density at radius 3 is 2.46 bits per heavy atom. The van der Waals surface area contributed by atoms with Gasteiger partial charge in [0.1, 0.15) is 5.75 Å². The molecule has 3 aromatic rings. The zero-order valence-electron chi connectivity index (χ0n) is 13.4. The van der Waals surface area contributed by atoms with Gasteiger partial charge in [-0.15, -0.1) is 0 Å². The van der Waals surface area contributed by atoms with E-state index in [-0.39, 0.29) is 11.8 Å². The number of amides is 2. The number of carbonyl (C=O) groups excluding carboxylic acids is 1. The van der Waals surface area contributed by atoms with Crippen LogP contribution in [0.2, 0.25) is 5.02 Å². The molecule has 0 aromatic heterocycles. The fraction of sp³-hybridized carbons (Fsp3) is 0.105. The number of benzene rings is 3. The quantitative estimate of drug-likeness (QED) is 0.580. The molecule has 24 heavy (non-hydrogen) atoms. The van der Waals surface area contributed by atoms with Crippen molar-refractivity contribution in [1.82, 2.24) is 0 Å². The Morgan fingerprint density at radius 1 is 0.958 bits per heavy atom. The van der Waals surface area contributed by atoms with Crippen LogP contribution in [0.15, 0.2) is 48.5 Å². The normalized spacial score (nSPS) is 10.6. The van der Waals surface area contributed by atoms with Crippen molar-refractivity contribution in [2.75, 3.05) is 10.6 Å². The van der Waals surface area contributed by atoms with Gasteiger partial charge in [0.05, 0.1) is 5.69 Å². The van der Waals surface area contributed by atoms with Crippen LogP contribution in [0.4, 0.5) is 16.2 Å². The topological polar surface area (TPSA) is 61.4 Å². The molecule has 4 nitrogen and oxygen atoms in total. The summed E-state index contributed by atoms with van der Waals surface area (Å²) >= 11 is 6.26. The minimum absolute atomic E-state index is 0.117. The molecule has 0 heterocycles. The first kappa shape index (κ1) is 16.1. The highest BCUT2D eigenvalue weighted by atomic mass is 35.5. The molecule has 0 aliphatic rings. The lowest BCUT2D eigenvalue weighted by molar-refractivity contribution is 0.262. The van der Waals surface area contributed by atoms with Gasteiger partial charge in [0.15, 0.2) is 0 Å². The van der Waals surface area contributed by atoms with Crippen LogP contribution in [0.3, 0.4) is 0 Å². The summed E-state index contributed by atoms with van der Waals surface area (Å²) < 4.78 is 0. The highest BCUT2D eigenvalue weighted by Crippen LogP contribution is 2.35. The second-order valence-corrected chi connectivity index (χ2v) is 6.08. The van der Waals surface area contributed by atoms with Gasteiger partial charge < -0.3 is 15.7 Å². The molecule has 3 aromatic carbocycles. The van der Waals surface area contributed by atoms with E-state index in [1.807, 2.05) is 38.1 Å². The van der Waals surface area contributed by atoms with Gasteiger partial charge in [-0.2, -0.15) is 0 Å². The molecule has 0 atom stereocenters. The summed E-state index contributed by atoms with van der Waals surface area (Å²) in [5, 5.41) is 17.5. The third-order valence-electron chi connectivity index (χ3n) is 3.90. The van der Waals surface area contributed by atoms with Gasteiger partial charge >= 0.3 is 6.03 Å². The minimum Gasteiger partial charge on any atom is -0.508 e. The number of carbonyl (C=O) groups is 1. The number of aryl methyl sites for hydroxylation is 2. The number of halogens is 1. The molecule has 3 rings (SSSR count). The summed E-state index contributed by atoms with van der Waals surface area (Å²) in [6.07, 6.45) is 0. The monoisotopic (exact) mass is 340 g/mol. The van der Waals surface area contributed by atoms with Crippen LogP contribution < -0.4 is 10.6 Å². The Balaban J connectivity index is 1.96. The number of fused-ring (bicyclic) bond motifs is 1. The number of nitrogens with one attached hydrogen (secondary N) is 2. The van der Waals surface area contributed by atoms with Gasteiger partial charge in [-0.25, -0.2) is 4.79 Å². The van der Waals surface area contributed by atoms with Gasteiger partial charge in [-0.1, -0.05) is 29.8 Å². The standard InChI is InChI=1S/C19H17ClN2O2/c1-11-5-3-4-6-17(11)21-19(24)22-18-12(2)9-16(20)14-8-7-13(23)10-15(14)18/h3-10,23H,1-2H3,(H2,21,22,24). The number of hydrogen-bond acceptors (Lipinski definition) is 2. The highest BCUT2D eigenvalue weighted by Gasteiger charge is 2.13. The van der Waals surface area contributed by atoms with Crippen LogP contribution in [0.25, 0.3) is 10.8 Å². The lowest BCUT2D eigenvalue weighted by Crippen LogP contribution is -2.20. The Hall–Kier alpha value is -2.72. The van der Waals surface area contributed by atoms with Gasteiger partial charge in [0.2, 0.25) is 0 Å². The molecule has 0 aliphatic heterocycles. The van der Waals surface area contributed by atoms with E-state index in [2.05, 4.69) is 10.6 Å². The summed E-state index contributed by atoms with van der Waals surface area (Å²) in [6, 6.07) is 13.9. The van der Waals surface area contributed by atoms with Crippen molar-refractivity contribution in [2.45, 2.75) is 13.8 Å². The van der Waals surface area contributed by atoms with Crippen LogP contribution in [-0.2, 0) is 0 Å². The maximum absolute atomic E-state index is 12.4. The predicted molar refractivity (Wildman–Crippen MR) is 99.2 cm³/mol. The Labute approximate surface area is 145 Å². The molecule has 0 fully saturated rings. The highest BCUT2D eigenvalue weighted by molar-refractivity contribution is 6.36. The molecule has 0 bridgehead atoms. The van der Waals surface area contributed by atoms with Crippen LogP contribution in [0.5, 0.6) is 5.75 Å². The van der Waals surface area contributed by atoms with Gasteiger partial charge in [-0.3, -0.25) is 0 Å². The van der Waals surface area contributed by atoms with Crippen molar-refractivity contribution >= 4 is 39.8 Å². The smallest absolute Gasteiger partial charge is 0.323 e. The summed E-state index contributed by atoms with van der Waals surface area (Å²) in [4.78, 5) is 12.4. The Kier molecular flexibility index (Phi) is 4.32. The van der Waals surface area contributed by atoms with Crippen molar-refractivity contribution in [3.8, 4) is 5.75 Å². The number of urea groups is 1. The van der Waals surface area contributed by atoms with Crippen LogP contribution in [-0.4, -0.2) is 11.1 Å². The fourth-order valence-electron chi connectivity index (χ4n) is 2.65. The molecule has 0 aliphatic carbocycles. The summed E-state index contributed by atoms with van der Waals surface area (Å²) in [5.41, 5.74) is 3.16. The van der Waals surface area contributed by atoms with E-state index in [9.17, 15) is 9.90 Å².